The minimum Gasteiger partial charge on any atom is -0.395 e. The standard InChI is InChI=1S/C16H22N4O4S2/c1-26(23,24)12-2-3-13-14(10-12)25-16(17-13)18-15(22)11-20-6-4-19(5-7-20)8-9-21/h2-3,10,21H,4-9,11H2,1H3,(H,17,18,22). The van der Waals surface area contributed by atoms with E-state index in [2.05, 4.69) is 20.1 Å². The van der Waals surface area contributed by atoms with Crippen molar-refractivity contribution in [1.82, 2.24) is 14.8 Å². The predicted octanol–water partition coefficient (Wildman–Crippen LogP) is 0.248. The van der Waals surface area contributed by atoms with Crippen molar-refractivity contribution >= 4 is 42.4 Å². The van der Waals surface area contributed by atoms with Gasteiger partial charge in [-0.15, -0.1) is 0 Å². The molecule has 0 bridgehead atoms. The predicted molar refractivity (Wildman–Crippen MR) is 101 cm³/mol. The van der Waals surface area contributed by atoms with Gasteiger partial charge in [0, 0.05) is 39.0 Å². The number of nitrogens with one attached hydrogen (secondary N) is 1. The molecule has 10 heteroatoms. The Morgan fingerprint density at radius 1 is 1.27 bits per heavy atom. The van der Waals surface area contributed by atoms with E-state index in [1.807, 2.05) is 0 Å². The van der Waals surface area contributed by atoms with E-state index in [4.69, 9.17) is 5.11 Å². The summed E-state index contributed by atoms with van der Waals surface area (Å²) in [6.07, 6.45) is 1.16. The van der Waals surface area contributed by atoms with Gasteiger partial charge in [0.2, 0.25) is 5.91 Å². The van der Waals surface area contributed by atoms with E-state index in [0.29, 0.717) is 17.2 Å². The van der Waals surface area contributed by atoms with Crippen LogP contribution >= 0.6 is 11.3 Å². The lowest BCUT2D eigenvalue weighted by molar-refractivity contribution is -0.117. The van der Waals surface area contributed by atoms with Gasteiger partial charge < -0.3 is 10.4 Å². The van der Waals surface area contributed by atoms with Gasteiger partial charge in [-0.2, -0.15) is 0 Å². The lowest BCUT2D eigenvalue weighted by Gasteiger charge is -2.33. The average molecular weight is 399 g/mol. The molecule has 2 aromatic rings. The number of carbonyl (C=O) groups excluding carboxylic acids is 1. The number of anilines is 1. The molecule has 1 fully saturated rings. The number of aromatic nitrogens is 1. The minimum atomic E-state index is -3.27. The Morgan fingerprint density at radius 3 is 2.62 bits per heavy atom. The van der Waals surface area contributed by atoms with Crippen LogP contribution in [0.5, 0.6) is 0 Å². The van der Waals surface area contributed by atoms with Crippen LogP contribution in [0.15, 0.2) is 23.1 Å². The van der Waals surface area contributed by atoms with E-state index >= 15 is 0 Å². The molecule has 26 heavy (non-hydrogen) atoms. The van der Waals surface area contributed by atoms with Gasteiger partial charge >= 0.3 is 0 Å². The number of amides is 1. The van der Waals surface area contributed by atoms with Crippen molar-refractivity contribution in [3.05, 3.63) is 18.2 Å². The topological polar surface area (TPSA) is 103 Å². The van der Waals surface area contributed by atoms with Crippen LogP contribution in [0.2, 0.25) is 0 Å². The van der Waals surface area contributed by atoms with Gasteiger partial charge in [-0.05, 0) is 18.2 Å². The Hall–Kier alpha value is -1.59. The van der Waals surface area contributed by atoms with Gasteiger partial charge in [0.15, 0.2) is 15.0 Å². The SMILES string of the molecule is CS(=O)(=O)c1ccc2nc(NC(=O)CN3CCN(CCO)CC3)sc2c1. The molecule has 1 aliphatic rings. The molecular weight excluding hydrogens is 376 g/mol. The van der Waals surface area contributed by atoms with Crippen LogP contribution in [0, 0.1) is 0 Å². The first kappa shape index (κ1) is 19.2. The average Bonchev–Trinajstić information content (AvgIpc) is 2.97. The van der Waals surface area contributed by atoms with Crippen LogP contribution < -0.4 is 5.32 Å². The van der Waals surface area contributed by atoms with E-state index < -0.39 is 9.84 Å². The molecule has 1 aromatic carbocycles. The molecule has 0 aliphatic carbocycles. The second kappa shape index (κ2) is 7.97. The molecule has 0 saturated carbocycles. The molecule has 1 aliphatic heterocycles. The summed E-state index contributed by atoms with van der Waals surface area (Å²) in [6, 6.07) is 4.76. The fourth-order valence-electron chi connectivity index (χ4n) is 2.86. The van der Waals surface area contributed by atoms with Crippen molar-refractivity contribution in [3.8, 4) is 0 Å². The van der Waals surface area contributed by atoms with E-state index in [9.17, 15) is 13.2 Å². The summed E-state index contributed by atoms with van der Waals surface area (Å²) in [5.74, 6) is -0.136. The molecule has 142 valence electrons. The summed E-state index contributed by atoms with van der Waals surface area (Å²) in [7, 11) is -3.27. The maximum Gasteiger partial charge on any atom is 0.240 e. The first-order valence-corrected chi connectivity index (χ1v) is 11.0. The molecule has 1 saturated heterocycles. The number of hydrogen-bond acceptors (Lipinski definition) is 8. The number of piperazine rings is 1. The van der Waals surface area contributed by atoms with Gasteiger partial charge in [0.1, 0.15) is 0 Å². The third-order valence-corrected chi connectivity index (χ3v) is 6.33. The van der Waals surface area contributed by atoms with E-state index in [1.54, 1.807) is 12.1 Å². The Morgan fingerprint density at radius 2 is 1.96 bits per heavy atom. The van der Waals surface area contributed by atoms with Gasteiger partial charge in [0.05, 0.1) is 28.3 Å². The fourth-order valence-corrected chi connectivity index (χ4v) is 4.51. The first-order valence-electron chi connectivity index (χ1n) is 8.31. The Bertz CT molecular complexity index is 889. The monoisotopic (exact) mass is 398 g/mol. The quantitative estimate of drug-likeness (QED) is 0.719. The number of thiazole rings is 1. The Balaban J connectivity index is 1.59. The van der Waals surface area contributed by atoms with Gasteiger partial charge in [-0.25, -0.2) is 13.4 Å². The number of β-amino-alcohol motifs (C(OH)–C–C–N with tert-alkyl or cyclic N) is 1. The third-order valence-electron chi connectivity index (χ3n) is 4.28. The normalized spacial score (nSPS) is 16.8. The first-order chi connectivity index (χ1) is 12.3. The zero-order valence-corrected chi connectivity index (χ0v) is 16.1. The zero-order valence-electron chi connectivity index (χ0n) is 14.5. The van der Waals surface area contributed by atoms with Crippen molar-refractivity contribution in [1.29, 1.82) is 0 Å². The second-order valence-electron chi connectivity index (χ2n) is 6.31. The lowest BCUT2D eigenvalue weighted by Crippen LogP contribution is -2.49. The van der Waals surface area contributed by atoms with Crippen molar-refractivity contribution in [2.75, 3.05) is 57.4 Å². The molecule has 0 atom stereocenters. The Kier molecular flexibility index (Phi) is 5.88. The largest absolute Gasteiger partial charge is 0.395 e. The highest BCUT2D eigenvalue weighted by atomic mass is 32.2. The van der Waals surface area contributed by atoms with E-state index in [-0.39, 0.29) is 24.0 Å². The van der Waals surface area contributed by atoms with Crippen LogP contribution in [0.3, 0.4) is 0 Å². The maximum absolute atomic E-state index is 12.3. The molecule has 3 rings (SSSR count). The van der Waals surface area contributed by atoms with Crippen LogP contribution in [0.1, 0.15) is 0 Å². The van der Waals surface area contributed by atoms with Crippen molar-refractivity contribution < 1.29 is 18.3 Å². The number of hydrogen-bond donors (Lipinski definition) is 2. The third kappa shape index (κ3) is 4.77. The van der Waals surface area contributed by atoms with Gasteiger partial charge in [-0.3, -0.25) is 14.6 Å². The van der Waals surface area contributed by atoms with Crippen LogP contribution in [0.25, 0.3) is 10.2 Å². The zero-order chi connectivity index (χ0) is 18.7. The van der Waals surface area contributed by atoms with Crippen LogP contribution in [0.4, 0.5) is 5.13 Å². The van der Waals surface area contributed by atoms with Crippen molar-refractivity contribution in [2.24, 2.45) is 0 Å². The van der Waals surface area contributed by atoms with E-state index in [1.165, 1.54) is 17.4 Å². The summed E-state index contributed by atoms with van der Waals surface area (Å²) >= 11 is 1.26. The summed E-state index contributed by atoms with van der Waals surface area (Å²) in [5, 5.41) is 12.2. The highest BCUT2D eigenvalue weighted by molar-refractivity contribution is 7.90. The van der Waals surface area contributed by atoms with Crippen LogP contribution in [-0.2, 0) is 14.6 Å². The highest BCUT2D eigenvalue weighted by Gasteiger charge is 2.19. The van der Waals surface area contributed by atoms with E-state index in [0.717, 1.165) is 37.1 Å². The molecule has 0 unspecified atom stereocenters. The molecule has 1 amide bonds. The molecular formula is C16H22N4O4S2. The highest BCUT2D eigenvalue weighted by Crippen LogP contribution is 2.28. The van der Waals surface area contributed by atoms with Crippen LogP contribution in [-0.4, -0.2) is 86.3 Å². The summed E-state index contributed by atoms with van der Waals surface area (Å²) < 4.78 is 24.0. The number of sulfone groups is 1. The molecule has 2 N–H and O–H groups in total. The number of aliphatic hydroxyl groups excluding tert-OH is 1. The summed E-state index contributed by atoms with van der Waals surface area (Å²) in [5.41, 5.74) is 0.662. The fraction of sp³-hybridized carbons (Fsp3) is 0.500. The van der Waals surface area contributed by atoms with Gasteiger partial charge in [-0.1, -0.05) is 11.3 Å². The molecule has 0 radical (unpaired) electrons. The summed E-state index contributed by atoms with van der Waals surface area (Å²) in [6.45, 7) is 4.35. The number of nitrogens with zero attached hydrogens (tertiary/aromatic N) is 3. The molecule has 8 nitrogen and oxygen atoms in total. The minimum absolute atomic E-state index is 0.136. The van der Waals surface area contributed by atoms with Crippen molar-refractivity contribution in [3.63, 3.8) is 0 Å². The smallest absolute Gasteiger partial charge is 0.240 e. The number of rotatable bonds is 6. The number of benzene rings is 1. The molecule has 0 spiro atoms. The molecule has 2 heterocycles. The molecule has 1 aromatic heterocycles. The van der Waals surface area contributed by atoms with Crippen molar-refractivity contribution in [2.45, 2.75) is 4.90 Å². The Labute approximate surface area is 156 Å². The second-order valence-corrected chi connectivity index (χ2v) is 9.36. The van der Waals surface area contributed by atoms with Gasteiger partial charge in [0.25, 0.3) is 0 Å². The number of fused-ring (bicyclic) bond motifs is 1. The number of carbonyl (C=O) groups is 1. The number of aliphatic hydroxyl groups is 1. The maximum atomic E-state index is 12.3. The lowest BCUT2D eigenvalue weighted by atomic mass is 10.3. The summed E-state index contributed by atoms with van der Waals surface area (Å²) in [4.78, 5) is 21.1.